The van der Waals surface area contributed by atoms with Gasteiger partial charge in [-0.2, -0.15) is 5.26 Å². The van der Waals surface area contributed by atoms with Gasteiger partial charge in [0.2, 0.25) is 0 Å². The summed E-state index contributed by atoms with van der Waals surface area (Å²) in [6, 6.07) is 11.0. The standard InChI is InChI=1S/C23H23ClN6O2/c1-12(13-4-5-13)27-18-10-21(31)30(3)20-7-6-14(8-15(18)20)28-17-9-19(23(32)26-2)29-22(24)16(17)11-25/h6-10,12-13,27H,4-5H2,1-3H3,(H,26,32)(H,28,29)/t12-/m1/s1. The van der Waals surface area contributed by atoms with Crippen LogP contribution in [0.15, 0.2) is 35.1 Å². The van der Waals surface area contributed by atoms with Crippen molar-refractivity contribution in [2.24, 2.45) is 13.0 Å². The van der Waals surface area contributed by atoms with E-state index in [9.17, 15) is 14.9 Å². The number of nitrogens with one attached hydrogen (secondary N) is 3. The molecule has 1 atom stereocenters. The Bertz CT molecular complexity index is 1320. The van der Waals surface area contributed by atoms with E-state index in [1.54, 1.807) is 17.7 Å². The number of halogens is 1. The third-order valence-corrected chi connectivity index (χ3v) is 6.06. The molecule has 164 valence electrons. The second-order valence-electron chi connectivity index (χ2n) is 7.99. The van der Waals surface area contributed by atoms with Gasteiger partial charge in [0.1, 0.15) is 22.5 Å². The first-order valence-corrected chi connectivity index (χ1v) is 10.7. The number of hydrogen-bond donors (Lipinski definition) is 3. The van der Waals surface area contributed by atoms with Crippen LogP contribution >= 0.6 is 11.6 Å². The second kappa shape index (κ2) is 8.52. The summed E-state index contributed by atoms with van der Waals surface area (Å²) in [5, 5.41) is 19.5. The van der Waals surface area contributed by atoms with Crippen molar-refractivity contribution < 1.29 is 4.79 Å². The third kappa shape index (κ3) is 4.12. The quantitative estimate of drug-likeness (QED) is 0.493. The molecule has 1 aliphatic carbocycles. The summed E-state index contributed by atoms with van der Waals surface area (Å²) in [5.74, 6) is 0.212. The second-order valence-corrected chi connectivity index (χ2v) is 8.35. The van der Waals surface area contributed by atoms with E-state index >= 15 is 0 Å². The SMILES string of the molecule is CNC(=O)c1cc(Nc2ccc3c(c2)c(N[C@H](C)C2CC2)cc(=O)n3C)c(C#N)c(Cl)n1. The van der Waals surface area contributed by atoms with Gasteiger partial charge in [-0.15, -0.1) is 0 Å². The first kappa shape index (κ1) is 21.7. The molecule has 3 N–H and O–H groups in total. The molecule has 1 aliphatic rings. The Morgan fingerprint density at radius 3 is 2.69 bits per heavy atom. The van der Waals surface area contributed by atoms with Crippen molar-refractivity contribution in [2.75, 3.05) is 17.7 Å². The molecule has 2 aromatic heterocycles. The van der Waals surface area contributed by atoms with Crippen molar-refractivity contribution in [3.8, 4) is 6.07 Å². The van der Waals surface area contributed by atoms with E-state index < -0.39 is 5.91 Å². The summed E-state index contributed by atoms with van der Waals surface area (Å²) in [4.78, 5) is 28.5. The molecule has 4 rings (SSSR count). The van der Waals surface area contributed by atoms with E-state index in [1.807, 2.05) is 24.3 Å². The van der Waals surface area contributed by atoms with E-state index in [4.69, 9.17) is 11.6 Å². The lowest BCUT2D eigenvalue weighted by molar-refractivity contribution is 0.0958. The van der Waals surface area contributed by atoms with E-state index in [2.05, 4.69) is 27.9 Å². The number of carbonyl (C=O) groups is 1. The molecule has 0 radical (unpaired) electrons. The van der Waals surface area contributed by atoms with Gasteiger partial charge in [0.05, 0.1) is 11.2 Å². The zero-order valence-corrected chi connectivity index (χ0v) is 18.7. The number of nitrogens with zero attached hydrogens (tertiary/aromatic N) is 3. The van der Waals surface area contributed by atoms with Gasteiger partial charge in [-0.1, -0.05) is 11.6 Å². The molecule has 0 unspecified atom stereocenters. The average molecular weight is 451 g/mol. The minimum atomic E-state index is -0.409. The highest BCUT2D eigenvalue weighted by molar-refractivity contribution is 6.31. The minimum Gasteiger partial charge on any atom is -0.382 e. The minimum absolute atomic E-state index is 0.0556. The van der Waals surface area contributed by atoms with Crippen LogP contribution in [0.1, 0.15) is 35.8 Å². The molecule has 32 heavy (non-hydrogen) atoms. The number of nitriles is 1. The molecule has 8 nitrogen and oxygen atoms in total. The molecule has 1 fully saturated rings. The van der Waals surface area contributed by atoms with Crippen molar-refractivity contribution in [3.63, 3.8) is 0 Å². The number of pyridine rings is 2. The molecule has 0 aliphatic heterocycles. The maximum atomic E-state index is 12.5. The van der Waals surface area contributed by atoms with Gasteiger partial charge in [-0.3, -0.25) is 9.59 Å². The predicted molar refractivity (Wildman–Crippen MR) is 126 cm³/mol. The summed E-state index contributed by atoms with van der Waals surface area (Å²) in [6.45, 7) is 2.13. The number of hydrogen-bond acceptors (Lipinski definition) is 6. The number of rotatable bonds is 6. The summed E-state index contributed by atoms with van der Waals surface area (Å²) in [5.41, 5.74) is 2.75. The van der Waals surface area contributed by atoms with Gasteiger partial charge in [-0.25, -0.2) is 4.98 Å². The number of amides is 1. The van der Waals surface area contributed by atoms with Crippen LogP contribution in [0, 0.1) is 17.2 Å². The number of carbonyl (C=O) groups excluding carboxylic acids is 1. The Hall–Kier alpha value is -3.57. The van der Waals surface area contributed by atoms with Crippen molar-refractivity contribution in [1.82, 2.24) is 14.9 Å². The van der Waals surface area contributed by atoms with Gasteiger partial charge in [0.25, 0.3) is 11.5 Å². The number of anilines is 3. The predicted octanol–water partition coefficient (Wildman–Crippen LogP) is 3.77. The third-order valence-electron chi connectivity index (χ3n) is 5.78. The Morgan fingerprint density at radius 2 is 2.03 bits per heavy atom. The smallest absolute Gasteiger partial charge is 0.269 e. The topological polar surface area (TPSA) is 112 Å². The molecule has 0 bridgehead atoms. The normalized spacial score (nSPS) is 14.0. The molecule has 1 amide bonds. The number of benzene rings is 1. The van der Waals surface area contributed by atoms with Crippen LogP contribution in [0.25, 0.3) is 10.9 Å². The molecule has 0 spiro atoms. The summed E-state index contributed by atoms with van der Waals surface area (Å²) in [7, 11) is 3.23. The number of fused-ring (bicyclic) bond motifs is 1. The van der Waals surface area contributed by atoms with Crippen molar-refractivity contribution in [1.29, 1.82) is 5.26 Å². The van der Waals surface area contributed by atoms with Gasteiger partial charge in [0.15, 0.2) is 0 Å². The molecule has 0 saturated heterocycles. The highest BCUT2D eigenvalue weighted by Gasteiger charge is 2.28. The Balaban J connectivity index is 1.78. The van der Waals surface area contributed by atoms with Crippen molar-refractivity contribution in [2.45, 2.75) is 25.8 Å². The van der Waals surface area contributed by atoms with E-state index in [-0.39, 0.29) is 28.0 Å². The highest BCUT2D eigenvalue weighted by Crippen LogP contribution is 2.35. The maximum absolute atomic E-state index is 12.5. The van der Waals surface area contributed by atoms with Crippen LogP contribution < -0.4 is 21.5 Å². The molecule has 1 saturated carbocycles. The highest BCUT2D eigenvalue weighted by atomic mass is 35.5. The summed E-state index contributed by atoms with van der Waals surface area (Å²) < 4.78 is 1.60. The van der Waals surface area contributed by atoms with Gasteiger partial charge in [0, 0.05) is 43.0 Å². The molecule has 2 heterocycles. The first-order valence-electron chi connectivity index (χ1n) is 10.3. The van der Waals surface area contributed by atoms with Crippen molar-refractivity contribution >= 4 is 45.5 Å². The maximum Gasteiger partial charge on any atom is 0.269 e. The lowest BCUT2D eigenvalue weighted by atomic mass is 10.1. The van der Waals surface area contributed by atoms with Gasteiger partial charge < -0.3 is 20.5 Å². The number of aryl methyl sites for hydroxylation is 1. The molecule has 3 aromatic rings. The summed E-state index contributed by atoms with van der Waals surface area (Å²) in [6.07, 6.45) is 2.38. The molecule has 9 heteroatoms. The fourth-order valence-electron chi connectivity index (χ4n) is 3.74. The monoisotopic (exact) mass is 450 g/mol. The fraction of sp³-hybridized carbons (Fsp3) is 0.304. The Labute approximate surface area is 190 Å². The van der Waals surface area contributed by atoms with E-state index in [0.717, 1.165) is 16.6 Å². The van der Waals surface area contributed by atoms with Crippen molar-refractivity contribution in [3.05, 3.63) is 57.1 Å². The van der Waals surface area contributed by atoms with Crippen LogP contribution in [0.5, 0.6) is 0 Å². The van der Waals surface area contributed by atoms with Crippen LogP contribution in [0.3, 0.4) is 0 Å². The summed E-state index contributed by atoms with van der Waals surface area (Å²) >= 11 is 6.15. The largest absolute Gasteiger partial charge is 0.382 e. The van der Waals surface area contributed by atoms with Crippen LogP contribution in [-0.2, 0) is 7.05 Å². The first-order chi connectivity index (χ1) is 15.3. The van der Waals surface area contributed by atoms with Crippen LogP contribution in [-0.4, -0.2) is 28.5 Å². The molecular formula is C23H23ClN6O2. The fourth-order valence-corrected chi connectivity index (χ4v) is 3.97. The number of aromatic nitrogens is 2. The average Bonchev–Trinajstić information content (AvgIpc) is 3.62. The van der Waals surface area contributed by atoms with E-state index in [0.29, 0.717) is 17.3 Å². The zero-order chi connectivity index (χ0) is 23.0. The van der Waals surface area contributed by atoms with Gasteiger partial charge in [-0.05, 0) is 49.9 Å². The zero-order valence-electron chi connectivity index (χ0n) is 18.0. The molecular weight excluding hydrogens is 428 g/mol. The van der Waals surface area contributed by atoms with E-state index in [1.165, 1.54) is 26.0 Å². The lowest BCUT2D eigenvalue weighted by Crippen LogP contribution is -2.22. The lowest BCUT2D eigenvalue weighted by Gasteiger charge is -2.18. The Morgan fingerprint density at radius 1 is 1.28 bits per heavy atom. The molecule has 1 aromatic carbocycles. The van der Waals surface area contributed by atoms with Crippen LogP contribution in [0.2, 0.25) is 5.15 Å². The Kier molecular flexibility index (Phi) is 5.76. The van der Waals surface area contributed by atoms with Crippen LogP contribution in [0.4, 0.5) is 17.1 Å². The van der Waals surface area contributed by atoms with Gasteiger partial charge >= 0.3 is 0 Å².